The summed E-state index contributed by atoms with van der Waals surface area (Å²) in [5, 5.41) is 2.26. The number of imide groups is 1. The average Bonchev–Trinajstić information content (AvgIpc) is 2.31. The molecule has 102 valence electrons. The topological polar surface area (TPSA) is 98.5 Å². The summed E-state index contributed by atoms with van der Waals surface area (Å²) in [6.07, 6.45) is -1.17. The molecule has 0 spiro atoms. The van der Waals surface area contributed by atoms with Gasteiger partial charge in [-0.25, -0.2) is 4.79 Å². The van der Waals surface area contributed by atoms with Crippen molar-refractivity contribution in [3.8, 4) is 0 Å². The zero-order valence-corrected chi connectivity index (χ0v) is 10.9. The third-order valence-corrected chi connectivity index (χ3v) is 2.59. The van der Waals surface area contributed by atoms with Crippen molar-refractivity contribution in [2.75, 3.05) is 0 Å². The molecule has 0 saturated carbocycles. The van der Waals surface area contributed by atoms with Gasteiger partial charge in [-0.05, 0) is 18.6 Å². The minimum Gasteiger partial charge on any atom is -0.452 e. The Hall–Kier alpha value is -2.08. The number of amides is 3. The summed E-state index contributed by atoms with van der Waals surface area (Å²) < 4.78 is 4.85. The van der Waals surface area contributed by atoms with Crippen molar-refractivity contribution in [2.24, 2.45) is 5.73 Å². The molecular weight excluding hydrogens is 272 g/mol. The Balaban J connectivity index is 2.54. The fraction of sp³-hybridized carbons (Fsp3) is 0.250. The van der Waals surface area contributed by atoms with Crippen LogP contribution in [0.2, 0.25) is 5.02 Å². The summed E-state index contributed by atoms with van der Waals surface area (Å²) in [7, 11) is 0. The number of halogens is 1. The van der Waals surface area contributed by atoms with Gasteiger partial charge in [0, 0.05) is 5.02 Å². The molecule has 1 rings (SSSR count). The molecule has 0 bridgehead atoms. The van der Waals surface area contributed by atoms with Crippen LogP contribution in [0.4, 0.5) is 4.79 Å². The van der Waals surface area contributed by atoms with Crippen molar-refractivity contribution < 1.29 is 19.1 Å². The number of urea groups is 1. The molecule has 6 nitrogen and oxygen atoms in total. The van der Waals surface area contributed by atoms with Gasteiger partial charge in [0.05, 0.1) is 6.42 Å². The number of benzene rings is 1. The van der Waals surface area contributed by atoms with Gasteiger partial charge >= 0.3 is 12.0 Å². The van der Waals surface area contributed by atoms with Crippen molar-refractivity contribution in [3.05, 3.63) is 34.9 Å². The van der Waals surface area contributed by atoms with Crippen LogP contribution >= 0.6 is 11.6 Å². The van der Waals surface area contributed by atoms with Crippen molar-refractivity contribution in [1.82, 2.24) is 5.32 Å². The third-order valence-electron chi connectivity index (χ3n) is 2.22. The van der Waals surface area contributed by atoms with Crippen LogP contribution in [-0.4, -0.2) is 24.0 Å². The van der Waals surface area contributed by atoms with Gasteiger partial charge in [0.2, 0.25) is 0 Å². The number of nitrogens with two attached hydrogens (primary N) is 1. The summed E-state index contributed by atoms with van der Waals surface area (Å²) >= 11 is 5.89. The molecule has 7 heteroatoms. The Kier molecular flexibility index (Phi) is 5.32. The SMILES string of the molecule is C[C@@H](OC(=O)Cc1ccccc1Cl)C(=O)NC(N)=O. The highest BCUT2D eigenvalue weighted by Crippen LogP contribution is 2.15. The molecular formula is C12H13ClN2O4. The minimum atomic E-state index is -1.11. The Morgan fingerprint density at radius 3 is 2.58 bits per heavy atom. The predicted molar refractivity (Wildman–Crippen MR) is 68.4 cm³/mol. The first-order valence-corrected chi connectivity index (χ1v) is 5.81. The fourth-order valence-electron chi connectivity index (χ4n) is 1.31. The van der Waals surface area contributed by atoms with E-state index in [0.29, 0.717) is 10.6 Å². The Bertz CT molecular complexity index is 504. The van der Waals surface area contributed by atoms with Gasteiger partial charge in [-0.1, -0.05) is 29.8 Å². The van der Waals surface area contributed by atoms with Gasteiger partial charge in [-0.15, -0.1) is 0 Å². The largest absolute Gasteiger partial charge is 0.452 e. The van der Waals surface area contributed by atoms with Gasteiger partial charge in [-0.2, -0.15) is 0 Å². The molecule has 0 radical (unpaired) electrons. The number of hydrogen-bond acceptors (Lipinski definition) is 4. The highest BCUT2D eigenvalue weighted by molar-refractivity contribution is 6.31. The third kappa shape index (κ3) is 4.97. The fourth-order valence-corrected chi connectivity index (χ4v) is 1.52. The molecule has 0 aliphatic rings. The Morgan fingerprint density at radius 2 is 2.00 bits per heavy atom. The van der Waals surface area contributed by atoms with E-state index in [0.717, 1.165) is 0 Å². The van der Waals surface area contributed by atoms with E-state index in [4.69, 9.17) is 22.1 Å². The summed E-state index contributed by atoms with van der Waals surface area (Å²) in [5.41, 5.74) is 5.37. The monoisotopic (exact) mass is 284 g/mol. The van der Waals surface area contributed by atoms with E-state index in [2.05, 4.69) is 0 Å². The molecule has 1 atom stereocenters. The highest BCUT2D eigenvalue weighted by Gasteiger charge is 2.19. The Labute approximate surface area is 114 Å². The van der Waals surface area contributed by atoms with Gasteiger partial charge in [0.1, 0.15) is 0 Å². The highest BCUT2D eigenvalue weighted by atomic mass is 35.5. The van der Waals surface area contributed by atoms with Gasteiger partial charge < -0.3 is 10.5 Å². The number of rotatable bonds is 4. The smallest absolute Gasteiger partial charge is 0.318 e. The molecule has 0 unspecified atom stereocenters. The van der Waals surface area contributed by atoms with Crippen molar-refractivity contribution in [3.63, 3.8) is 0 Å². The molecule has 3 amide bonds. The van der Waals surface area contributed by atoms with Crippen LogP contribution in [0.3, 0.4) is 0 Å². The number of carbonyl (C=O) groups is 3. The van der Waals surface area contributed by atoms with E-state index in [1.54, 1.807) is 24.3 Å². The zero-order valence-electron chi connectivity index (χ0n) is 10.2. The standard InChI is InChI=1S/C12H13ClN2O4/c1-7(11(17)15-12(14)18)19-10(16)6-8-4-2-3-5-9(8)13/h2-5,7H,6H2,1H3,(H3,14,15,17,18)/t7-/m1/s1. The summed E-state index contributed by atoms with van der Waals surface area (Å²) in [6.45, 7) is 1.34. The van der Waals surface area contributed by atoms with E-state index in [-0.39, 0.29) is 6.42 Å². The first-order chi connectivity index (χ1) is 8.90. The van der Waals surface area contributed by atoms with Crippen molar-refractivity contribution in [2.45, 2.75) is 19.4 Å². The lowest BCUT2D eigenvalue weighted by Crippen LogP contribution is -2.42. The maximum Gasteiger partial charge on any atom is 0.318 e. The van der Waals surface area contributed by atoms with Gasteiger partial charge in [-0.3, -0.25) is 14.9 Å². The van der Waals surface area contributed by atoms with E-state index < -0.39 is 24.0 Å². The number of esters is 1. The predicted octanol–water partition coefficient (Wildman–Crippen LogP) is 1.01. The normalized spacial score (nSPS) is 11.5. The molecule has 0 fully saturated rings. The first-order valence-electron chi connectivity index (χ1n) is 5.43. The summed E-state index contributed by atoms with van der Waals surface area (Å²) in [4.78, 5) is 33.3. The van der Waals surface area contributed by atoms with Crippen molar-refractivity contribution >= 4 is 29.5 Å². The summed E-state index contributed by atoms with van der Waals surface area (Å²) in [6, 6.07) is 5.79. The van der Waals surface area contributed by atoms with Crippen LogP contribution in [0.1, 0.15) is 12.5 Å². The van der Waals surface area contributed by atoms with E-state index in [1.807, 2.05) is 5.32 Å². The summed E-state index contributed by atoms with van der Waals surface area (Å²) in [5.74, 6) is -1.40. The maximum absolute atomic E-state index is 11.6. The lowest BCUT2D eigenvalue weighted by Gasteiger charge is -2.12. The van der Waals surface area contributed by atoms with Crippen molar-refractivity contribution in [1.29, 1.82) is 0 Å². The molecule has 0 aliphatic carbocycles. The molecule has 0 saturated heterocycles. The molecule has 3 N–H and O–H groups in total. The van der Waals surface area contributed by atoms with E-state index >= 15 is 0 Å². The van der Waals surface area contributed by atoms with E-state index in [9.17, 15) is 14.4 Å². The Morgan fingerprint density at radius 1 is 1.37 bits per heavy atom. The molecule has 1 aromatic carbocycles. The second-order valence-corrected chi connectivity index (χ2v) is 4.16. The van der Waals surface area contributed by atoms with Gasteiger partial charge in [0.25, 0.3) is 5.91 Å². The number of carbonyl (C=O) groups excluding carboxylic acids is 3. The molecule has 1 aromatic rings. The molecule has 0 aliphatic heterocycles. The van der Waals surface area contributed by atoms with Crippen LogP contribution in [0.25, 0.3) is 0 Å². The molecule has 0 heterocycles. The second-order valence-electron chi connectivity index (χ2n) is 3.75. The zero-order chi connectivity index (χ0) is 14.4. The van der Waals surface area contributed by atoms with Crippen LogP contribution in [0.5, 0.6) is 0 Å². The van der Waals surface area contributed by atoms with Crippen LogP contribution in [-0.2, 0) is 20.7 Å². The van der Waals surface area contributed by atoms with Crippen LogP contribution in [0, 0.1) is 0 Å². The lowest BCUT2D eigenvalue weighted by atomic mass is 10.1. The number of hydrogen-bond donors (Lipinski definition) is 2. The number of ether oxygens (including phenoxy) is 1. The quantitative estimate of drug-likeness (QED) is 0.806. The second kappa shape index (κ2) is 6.75. The average molecular weight is 285 g/mol. The molecule has 0 aromatic heterocycles. The number of primary amides is 1. The maximum atomic E-state index is 11.6. The van der Waals surface area contributed by atoms with Crippen LogP contribution < -0.4 is 11.1 Å². The minimum absolute atomic E-state index is 0.0616. The molecule has 19 heavy (non-hydrogen) atoms. The van der Waals surface area contributed by atoms with E-state index in [1.165, 1.54) is 6.92 Å². The number of nitrogens with one attached hydrogen (secondary N) is 1. The van der Waals surface area contributed by atoms with Crippen LogP contribution in [0.15, 0.2) is 24.3 Å². The first kappa shape index (κ1) is 15.0. The lowest BCUT2D eigenvalue weighted by molar-refractivity contribution is -0.153. The van der Waals surface area contributed by atoms with Gasteiger partial charge in [0.15, 0.2) is 6.10 Å².